The molecule has 2 rings (SSSR count). The van der Waals surface area contributed by atoms with Gasteiger partial charge in [0.15, 0.2) is 0 Å². The third-order valence-electron chi connectivity index (χ3n) is 3.14. The van der Waals surface area contributed by atoms with E-state index in [0.717, 1.165) is 6.54 Å². The van der Waals surface area contributed by atoms with Crippen LogP contribution in [-0.2, 0) is 6.54 Å². The van der Waals surface area contributed by atoms with Crippen LogP contribution in [0.15, 0.2) is 48.5 Å². The fourth-order valence-corrected chi connectivity index (χ4v) is 3.63. The zero-order valence-corrected chi connectivity index (χ0v) is 14.9. The van der Waals surface area contributed by atoms with Gasteiger partial charge in [0.1, 0.15) is 0 Å². The molecule has 0 heterocycles. The maximum Gasteiger partial charge on any atom is 0.0775 e. The Kier molecular flexibility index (Phi) is 4.68. The highest BCUT2D eigenvalue weighted by Crippen LogP contribution is 2.13. The van der Waals surface area contributed by atoms with Gasteiger partial charge in [-0.3, -0.25) is 0 Å². The minimum absolute atomic E-state index is 0.881. The molecule has 0 spiro atoms. The van der Waals surface area contributed by atoms with Gasteiger partial charge in [0.25, 0.3) is 0 Å². The lowest BCUT2D eigenvalue weighted by molar-refractivity contribution is 1.15. The molecule has 0 radical (unpaired) electrons. The van der Waals surface area contributed by atoms with E-state index in [1.807, 2.05) is 0 Å². The Hall–Kier alpha value is -0.813. The number of benzene rings is 2. The zero-order chi connectivity index (χ0) is 13.9. The number of anilines is 1. The summed E-state index contributed by atoms with van der Waals surface area (Å²) < 4.78 is 1.26. The van der Waals surface area contributed by atoms with E-state index < -0.39 is 8.07 Å². The van der Waals surface area contributed by atoms with Crippen LogP contribution in [0.3, 0.4) is 0 Å². The predicted octanol–water partition coefficient (Wildman–Crippen LogP) is 4.45. The van der Waals surface area contributed by atoms with Crippen LogP contribution in [-0.4, -0.2) is 8.07 Å². The van der Waals surface area contributed by atoms with Gasteiger partial charge in [-0.15, -0.1) is 0 Å². The SMILES string of the molecule is C[Si](C)(C)c1ccc(CNc2cccc(I)c2)cc1. The summed E-state index contributed by atoms with van der Waals surface area (Å²) in [7, 11) is -1.17. The minimum atomic E-state index is -1.17. The zero-order valence-electron chi connectivity index (χ0n) is 11.7. The van der Waals surface area contributed by atoms with Crippen molar-refractivity contribution < 1.29 is 0 Å². The summed E-state index contributed by atoms with van der Waals surface area (Å²) in [4.78, 5) is 0. The smallest absolute Gasteiger partial charge is 0.0775 e. The Morgan fingerprint density at radius 2 is 1.68 bits per heavy atom. The van der Waals surface area contributed by atoms with Crippen LogP contribution in [0.1, 0.15) is 5.56 Å². The first-order valence-electron chi connectivity index (χ1n) is 6.54. The number of nitrogens with one attached hydrogen (secondary N) is 1. The maximum atomic E-state index is 3.47. The van der Waals surface area contributed by atoms with Gasteiger partial charge in [0.2, 0.25) is 0 Å². The maximum absolute atomic E-state index is 3.47. The molecule has 0 fully saturated rings. The molecule has 0 aliphatic carbocycles. The highest BCUT2D eigenvalue weighted by Gasteiger charge is 2.15. The van der Waals surface area contributed by atoms with E-state index in [0.29, 0.717) is 0 Å². The highest BCUT2D eigenvalue weighted by molar-refractivity contribution is 14.1. The lowest BCUT2D eigenvalue weighted by Crippen LogP contribution is -2.37. The van der Waals surface area contributed by atoms with Gasteiger partial charge in [0.05, 0.1) is 8.07 Å². The van der Waals surface area contributed by atoms with Gasteiger partial charge in [-0.25, -0.2) is 0 Å². The Morgan fingerprint density at radius 3 is 2.26 bits per heavy atom. The van der Waals surface area contributed by atoms with Crippen LogP contribution in [0.4, 0.5) is 5.69 Å². The first-order valence-corrected chi connectivity index (χ1v) is 11.1. The second kappa shape index (κ2) is 6.09. The van der Waals surface area contributed by atoms with Gasteiger partial charge in [0, 0.05) is 15.8 Å². The third kappa shape index (κ3) is 4.35. The Bertz CT molecular complexity index is 543. The minimum Gasteiger partial charge on any atom is -0.381 e. The fourth-order valence-electron chi connectivity index (χ4n) is 1.93. The fraction of sp³-hybridized carbons (Fsp3) is 0.250. The summed E-state index contributed by atoms with van der Waals surface area (Å²) in [5.41, 5.74) is 2.52. The highest BCUT2D eigenvalue weighted by atomic mass is 127. The first kappa shape index (κ1) is 14.6. The molecule has 0 aromatic heterocycles. The molecule has 0 aliphatic heterocycles. The van der Waals surface area contributed by atoms with Crippen molar-refractivity contribution in [3.8, 4) is 0 Å². The van der Waals surface area contributed by atoms with Crippen molar-refractivity contribution in [2.75, 3.05) is 5.32 Å². The topological polar surface area (TPSA) is 12.0 Å². The molecule has 2 aromatic carbocycles. The molecular formula is C16H20INSi. The second-order valence-corrected chi connectivity index (χ2v) is 12.1. The predicted molar refractivity (Wildman–Crippen MR) is 95.9 cm³/mol. The van der Waals surface area contributed by atoms with Crippen molar-refractivity contribution in [2.24, 2.45) is 0 Å². The summed E-state index contributed by atoms with van der Waals surface area (Å²) in [6.45, 7) is 8.02. The van der Waals surface area contributed by atoms with Gasteiger partial charge < -0.3 is 5.32 Å². The number of halogens is 1. The average Bonchev–Trinajstić information content (AvgIpc) is 2.36. The van der Waals surface area contributed by atoms with Gasteiger partial charge in [-0.05, 0) is 46.4 Å². The molecular weight excluding hydrogens is 361 g/mol. The molecule has 19 heavy (non-hydrogen) atoms. The quantitative estimate of drug-likeness (QED) is 0.610. The standard InChI is InChI=1S/C16H20INSi/c1-19(2,3)16-9-7-13(8-10-16)12-18-15-6-4-5-14(17)11-15/h4-11,18H,12H2,1-3H3. The molecule has 0 atom stereocenters. The first-order chi connectivity index (χ1) is 8.95. The normalized spacial score (nSPS) is 11.4. The summed E-state index contributed by atoms with van der Waals surface area (Å²) in [6, 6.07) is 17.5. The molecule has 3 heteroatoms. The summed E-state index contributed by atoms with van der Waals surface area (Å²) in [5, 5.41) is 4.99. The van der Waals surface area contributed by atoms with E-state index in [9.17, 15) is 0 Å². The van der Waals surface area contributed by atoms with Crippen molar-refractivity contribution in [3.63, 3.8) is 0 Å². The van der Waals surface area contributed by atoms with Crippen molar-refractivity contribution >= 4 is 41.5 Å². The number of hydrogen-bond acceptors (Lipinski definition) is 1. The number of hydrogen-bond donors (Lipinski definition) is 1. The molecule has 0 saturated carbocycles. The van der Waals surface area contributed by atoms with E-state index in [1.165, 1.54) is 20.0 Å². The van der Waals surface area contributed by atoms with Gasteiger partial charge in [-0.2, -0.15) is 0 Å². The van der Waals surface area contributed by atoms with E-state index >= 15 is 0 Å². The third-order valence-corrected chi connectivity index (χ3v) is 5.88. The van der Waals surface area contributed by atoms with Gasteiger partial charge in [-0.1, -0.05) is 55.2 Å². The van der Waals surface area contributed by atoms with Gasteiger partial charge >= 0.3 is 0 Å². The van der Waals surface area contributed by atoms with Crippen LogP contribution in [0.2, 0.25) is 19.6 Å². The van der Waals surface area contributed by atoms with E-state index in [2.05, 4.69) is 96.1 Å². The molecule has 2 aromatic rings. The van der Waals surface area contributed by atoms with Crippen LogP contribution in [0.25, 0.3) is 0 Å². The van der Waals surface area contributed by atoms with Crippen LogP contribution >= 0.6 is 22.6 Å². The lowest BCUT2D eigenvalue weighted by Gasteiger charge is -2.17. The van der Waals surface area contributed by atoms with Crippen LogP contribution < -0.4 is 10.5 Å². The Balaban J connectivity index is 2.01. The Morgan fingerprint density at radius 1 is 1.00 bits per heavy atom. The molecule has 1 N–H and O–H groups in total. The lowest BCUT2D eigenvalue weighted by atomic mass is 10.2. The van der Waals surface area contributed by atoms with Crippen molar-refractivity contribution in [3.05, 3.63) is 57.7 Å². The molecule has 0 bridgehead atoms. The monoisotopic (exact) mass is 381 g/mol. The molecule has 0 unspecified atom stereocenters. The molecule has 100 valence electrons. The Labute approximate surface area is 130 Å². The number of rotatable bonds is 4. The van der Waals surface area contributed by atoms with Crippen LogP contribution in [0, 0.1) is 3.57 Å². The summed E-state index contributed by atoms with van der Waals surface area (Å²) >= 11 is 2.34. The van der Waals surface area contributed by atoms with Crippen LogP contribution in [0.5, 0.6) is 0 Å². The van der Waals surface area contributed by atoms with Crippen molar-refractivity contribution in [1.29, 1.82) is 0 Å². The largest absolute Gasteiger partial charge is 0.381 e. The average molecular weight is 381 g/mol. The molecule has 1 nitrogen and oxygen atoms in total. The molecule has 0 aliphatic rings. The van der Waals surface area contributed by atoms with Crippen molar-refractivity contribution in [1.82, 2.24) is 0 Å². The second-order valence-electron chi connectivity index (χ2n) is 5.81. The molecule has 0 saturated heterocycles. The van der Waals surface area contributed by atoms with E-state index in [1.54, 1.807) is 0 Å². The van der Waals surface area contributed by atoms with E-state index in [-0.39, 0.29) is 0 Å². The molecule has 0 amide bonds. The van der Waals surface area contributed by atoms with Crippen molar-refractivity contribution in [2.45, 2.75) is 26.2 Å². The summed E-state index contributed by atoms with van der Waals surface area (Å²) in [6.07, 6.45) is 0. The van der Waals surface area contributed by atoms with E-state index in [4.69, 9.17) is 0 Å². The summed E-state index contributed by atoms with van der Waals surface area (Å²) in [5.74, 6) is 0.